The Morgan fingerprint density at radius 1 is 0.362 bits per heavy atom. The fraction of sp³-hybridized carbons (Fsp3) is 0.922. The van der Waals surface area contributed by atoms with E-state index in [0.717, 1.165) is 25.7 Å². The maximum Gasteiger partial charge on any atom is 0.222 e. The molecule has 0 rings (SSSR count). The minimum Gasteiger partial charge on any atom is -0.394 e. The van der Waals surface area contributed by atoms with Crippen LogP contribution in [0.4, 0.5) is 0 Å². The largest absolute Gasteiger partial charge is 0.394 e. The second kappa shape index (κ2) is 59.4. The van der Waals surface area contributed by atoms with Gasteiger partial charge in [0.25, 0.3) is 0 Å². The molecule has 3 unspecified atom stereocenters. The molecular weight excluding hydrogens is 847 g/mol. The van der Waals surface area contributed by atoms with E-state index in [2.05, 4.69) is 31.3 Å². The third kappa shape index (κ3) is 56.0. The lowest BCUT2D eigenvalue weighted by molar-refractivity contribution is -0.124. The van der Waals surface area contributed by atoms with Gasteiger partial charge in [-0.3, -0.25) is 4.79 Å². The molecule has 4 N–H and O–H groups in total. The first-order valence-corrected chi connectivity index (χ1v) is 31.6. The van der Waals surface area contributed by atoms with E-state index in [1.165, 1.54) is 302 Å². The van der Waals surface area contributed by atoms with Gasteiger partial charge in [-0.15, -0.1) is 0 Å². The molecule has 0 aliphatic rings. The van der Waals surface area contributed by atoms with Crippen LogP contribution in [-0.4, -0.2) is 46.1 Å². The van der Waals surface area contributed by atoms with Gasteiger partial charge in [0, 0.05) is 0 Å². The van der Waals surface area contributed by atoms with Crippen LogP contribution >= 0.6 is 0 Å². The molecule has 0 aliphatic carbocycles. The summed E-state index contributed by atoms with van der Waals surface area (Å²) in [5, 5.41) is 33.5. The van der Waals surface area contributed by atoms with Gasteiger partial charge in [-0.1, -0.05) is 327 Å². The van der Waals surface area contributed by atoms with Crippen LogP contribution in [0.2, 0.25) is 0 Å². The second-order valence-electron chi connectivity index (χ2n) is 22.0. The fourth-order valence-electron chi connectivity index (χ4n) is 10.2. The minimum absolute atomic E-state index is 0.0174. The third-order valence-corrected chi connectivity index (χ3v) is 15.0. The Morgan fingerprint density at radius 2 is 0.609 bits per heavy atom. The van der Waals surface area contributed by atoms with Crippen LogP contribution in [0.15, 0.2) is 24.3 Å². The highest BCUT2D eigenvalue weighted by Gasteiger charge is 2.20. The predicted octanol–water partition coefficient (Wildman–Crippen LogP) is 20.0. The molecule has 410 valence electrons. The van der Waals surface area contributed by atoms with Gasteiger partial charge in [-0.05, 0) is 44.9 Å². The molecule has 0 bridgehead atoms. The monoisotopic (exact) mass is 972 g/mol. The Labute approximate surface area is 432 Å². The maximum absolute atomic E-state index is 12.6. The molecule has 3 atom stereocenters. The number of aliphatic hydroxyl groups is 3. The number of carbonyl (C=O) groups is 1. The van der Waals surface area contributed by atoms with Crippen molar-refractivity contribution in [1.29, 1.82) is 0 Å². The van der Waals surface area contributed by atoms with Crippen molar-refractivity contribution >= 4 is 5.91 Å². The van der Waals surface area contributed by atoms with Crippen LogP contribution in [0.3, 0.4) is 0 Å². The van der Waals surface area contributed by atoms with E-state index in [4.69, 9.17) is 0 Å². The number of unbranched alkanes of at least 4 members (excludes halogenated alkanes) is 48. The Bertz CT molecular complexity index is 1030. The summed E-state index contributed by atoms with van der Waals surface area (Å²) in [5.74, 6) is -0.309. The van der Waals surface area contributed by atoms with Crippen molar-refractivity contribution in [3.05, 3.63) is 24.3 Å². The molecule has 0 saturated heterocycles. The molecule has 0 saturated carbocycles. The van der Waals surface area contributed by atoms with Gasteiger partial charge < -0.3 is 20.6 Å². The predicted molar refractivity (Wildman–Crippen MR) is 305 cm³/mol. The summed E-state index contributed by atoms with van der Waals surface area (Å²) < 4.78 is 0. The average molecular weight is 973 g/mol. The van der Waals surface area contributed by atoms with Gasteiger partial charge in [0.05, 0.1) is 31.3 Å². The van der Waals surface area contributed by atoms with Gasteiger partial charge in [0.15, 0.2) is 0 Å². The number of carbonyl (C=O) groups excluding carboxylic acids is 1. The number of aliphatic hydroxyl groups excluding tert-OH is 3. The topological polar surface area (TPSA) is 89.8 Å². The lowest BCUT2D eigenvalue weighted by Gasteiger charge is -2.21. The first kappa shape index (κ1) is 67.8. The van der Waals surface area contributed by atoms with Crippen molar-refractivity contribution in [3.8, 4) is 0 Å². The lowest BCUT2D eigenvalue weighted by atomic mass is 10.0. The first-order valence-electron chi connectivity index (χ1n) is 31.6. The van der Waals surface area contributed by atoms with Crippen molar-refractivity contribution in [2.45, 2.75) is 372 Å². The number of hydrogen-bond acceptors (Lipinski definition) is 4. The smallest absolute Gasteiger partial charge is 0.222 e. The first-order chi connectivity index (χ1) is 34.0. The van der Waals surface area contributed by atoms with Crippen molar-refractivity contribution < 1.29 is 20.1 Å². The van der Waals surface area contributed by atoms with Crippen molar-refractivity contribution in [1.82, 2.24) is 5.32 Å². The van der Waals surface area contributed by atoms with Crippen LogP contribution in [0.5, 0.6) is 0 Å². The number of allylic oxidation sites excluding steroid dienone is 3. The van der Waals surface area contributed by atoms with E-state index in [1.807, 2.05) is 6.08 Å². The number of hydrogen-bond donors (Lipinski definition) is 4. The van der Waals surface area contributed by atoms with Gasteiger partial charge in [-0.2, -0.15) is 0 Å². The van der Waals surface area contributed by atoms with E-state index in [-0.39, 0.29) is 18.9 Å². The van der Waals surface area contributed by atoms with Gasteiger partial charge in [0.2, 0.25) is 5.91 Å². The molecule has 0 aromatic rings. The summed E-state index contributed by atoms with van der Waals surface area (Å²) in [6, 6.07) is -0.743. The molecule has 69 heavy (non-hydrogen) atoms. The Balaban J connectivity index is 3.50. The van der Waals surface area contributed by atoms with Crippen LogP contribution in [-0.2, 0) is 4.79 Å². The van der Waals surface area contributed by atoms with Crippen molar-refractivity contribution in [3.63, 3.8) is 0 Å². The zero-order chi connectivity index (χ0) is 50.0. The maximum atomic E-state index is 12.6. The van der Waals surface area contributed by atoms with Gasteiger partial charge in [-0.25, -0.2) is 0 Å². The Kier molecular flexibility index (Phi) is 58.4. The highest BCUT2D eigenvalue weighted by Crippen LogP contribution is 2.18. The molecule has 0 radical (unpaired) electrons. The van der Waals surface area contributed by atoms with E-state index in [9.17, 15) is 20.1 Å². The molecule has 0 aliphatic heterocycles. The summed E-state index contributed by atoms with van der Waals surface area (Å²) >= 11 is 0. The minimum atomic E-state index is -0.928. The summed E-state index contributed by atoms with van der Waals surface area (Å²) in [7, 11) is 0. The molecule has 0 fully saturated rings. The van der Waals surface area contributed by atoms with Crippen LogP contribution in [0.1, 0.15) is 354 Å². The van der Waals surface area contributed by atoms with Crippen molar-refractivity contribution in [2.75, 3.05) is 6.61 Å². The molecule has 5 nitrogen and oxygen atoms in total. The van der Waals surface area contributed by atoms with Crippen LogP contribution in [0.25, 0.3) is 0 Å². The third-order valence-electron chi connectivity index (χ3n) is 15.0. The number of amides is 1. The summed E-state index contributed by atoms with van der Waals surface area (Å²) in [5.41, 5.74) is 0. The standard InChI is InChI=1S/C64H125NO4/c1-3-5-7-9-11-13-15-17-19-21-23-25-26-27-28-29-30-31-32-33-34-35-36-38-39-41-43-45-47-49-51-53-55-57-61(67)59-64(69)65-62(60-66)63(68)58-56-54-52-50-48-46-44-42-40-37-24-22-20-18-16-14-12-10-8-6-4-2/h29-30,56,58,61-63,66-68H,3-28,31-55,57,59-60H2,1-2H3,(H,65,69)/b30-29-,58-56+. The molecule has 0 spiro atoms. The van der Waals surface area contributed by atoms with E-state index >= 15 is 0 Å². The van der Waals surface area contributed by atoms with E-state index in [0.29, 0.717) is 6.42 Å². The van der Waals surface area contributed by atoms with Gasteiger partial charge in [0.1, 0.15) is 0 Å². The SMILES string of the molecule is CCCCCCCCCCCCCCCC/C=C\CCCCCCCCCCCCCCCCCC(O)CC(=O)NC(CO)C(O)/C=C/CCCCCCCCCCCCCCCCCCCCC. The molecule has 0 aromatic heterocycles. The lowest BCUT2D eigenvalue weighted by Crippen LogP contribution is -2.45. The van der Waals surface area contributed by atoms with Crippen LogP contribution < -0.4 is 5.32 Å². The second-order valence-corrected chi connectivity index (χ2v) is 22.0. The Morgan fingerprint density at radius 3 is 0.884 bits per heavy atom. The Hall–Kier alpha value is -1.17. The van der Waals surface area contributed by atoms with E-state index < -0.39 is 18.2 Å². The number of rotatable bonds is 59. The molecule has 1 amide bonds. The molecule has 5 heteroatoms. The summed E-state index contributed by atoms with van der Waals surface area (Å²) in [6.45, 7) is 4.26. The van der Waals surface area contributed by atoms with Gasteiger partial charge >= 0.3 is 0 Å². The highest BCUT2D eigenvalue weighted by molar-refractivity contribution is 5.76. The average Bonchev–Trinajstić information content (AvgIpc) is 3.35. The molecular formula is C64H125NO4. The normalized spacial score (nSPS) is 13.3. The molecule has 0 heterocycles. The van der Waals surface area contributed by atoms with E-state index in [1.54, 1.807) is 6.08 Å². The summed E-state index contributed by atoms with van der Waals surface area (Å²) in [4.78, 5) is 12.6. The zero-order valence-electron chi connectivity index (χ0n) is 47.0. The van der Waals surface area contributed by atoms with Crippen molar-refractivity contribution in [2.24, 2.45) is 0 Å². The fourth-order valence-corrected chi connectivity index (χ4v) is 10.2. The number of nitrogens with one attached hydrogen (secondary N) is 1. The highest BCUT2D eigenvalue weighted by atomic mass is 16.3. The summed E-state index contributed by atoms with van der Waals surface area (Å²) in [6.07, 6.45) is 76.9. The quantitative estimate of drug-likeness (QED) is 0.0361. The van der Waals surface area contributed by atoms with Crippen LogP contribution in [0, 0.1) is 0 Å². The zero-order valence-corrected chi connectivity index (χ0v) is 47.0. The molecule has 0 aromatic carbocycles.